The van der Waals surface area contributed by atoms with Crippen molar-refractivity contribution in [3.8, 4) is 17.2 Å². The Morgan fingerprint density at radius 1 is 1.02 bits per heavy atom. The molecule has 0 bridgehead atoms. The van der Waals surface area contributed by atoms with Gasteiger partial charge >= 0.3 is 5.97 Å². The van der Waals surface area contributed by atoms with E-state index in [9.17, 15) is 19.7 Å². The number of ether oxygens (including phenoxy) is 4. The Morgan fingerprint density at radius 3 is 2.44 bits per heavy atom. The smallest absolute Gasteiger partial charge is 0.338 e. The summed E-state index contributed by atoms with van der Waals surface area (Å²) in [6.45, 7) is 5.91. The topological polar surface area (TPSA) is 131 Å². The van der Waals surface area contributed by atoms with Crippen molar-refractivity contribution in [1.82, 2.24) is 4.57 Å². The van der Waals surface area contributed by atoms with Gasteiger partial charge in [0.05, 0.1) is 52.7 Å². The van der Waals surface area contributed by atoms with Crippen molar-refractivity contribution < 1.29 is 28.7 Å². The predicted octanol–water partition coefficient (Wildman–Crippen LogP) is 4.69. The molecule has 3 aromatic carbocycles. The minimum absolute atomic E-state index is 0.135. The number of hydrogen-bond acceptors (Lipinski definition) is 10. The van der Waals surface area contributed by atoms with Crippen LogP contribution in [0.25, 0.3) is 6.08 Å². The Hall–Kier alpha value is -5.23. The number of nitrogens with zero attached hydrogens (tertiary/aromatic N) is 3. The number of rotatable bonds is 11. The van der Waals surface area contributed by atoms with Gasteiger partial charge in [0.1, 0.15) is 18.4 Å². The number of nitro benzene ring substituents is 1. The van der Waals surface area contributed by atoms with E-state index in [1.165, 1.54) is 29.9 Å². The number of fused-ring (bicyclic) bond motifs is 1. The van der Waals surface area contributed by atoms with Crippen LogP contribution in [-0.2, 0) is 16.1 Å². The summed E-state index contributed by atoms with van der Waals surface area (Å²) in [6, 6.07) is 18.4. The van der Waals surface area contributed by atoms with E-state index in [2.05, 4.69) is 4.99 Å². The first kappa shape index (κ1) is 31.2. The van der Waals surface area contributed by atoms with Crippen LogP contribution >= 0.6 is 11.3 Å². The van der Waals surface area contributed by atoms with Crippen molar-refractivity contribution in [2.75, 3.05) is 20.3 Å². The number of carbonyl (C=O) groups excluding carboxylic acids is 1. The summed E-state index contributed by atoms with van der Waals surface area (Å²) in [5, 5.41) is 12.2. The average molecular weight is 630 g/mol. The number of methoxy groups -OCH3 is 1. The molecule has 12 heteroatoms. The van der Waals surface area contributed by atoms with E-state index in [1.54, 1.807) is 38.1 Å². The maximum absolute atomic E-state index is 14.1. The first-order chi connectivity index (χ1) is 21.8. The maximum Gasteiger partial charge on any atom is 0.338 e. The van der Waals surface area contributed by atoms with Gasteiger partial charge in [0.15, 0.2) is 16.3 Å². The molecule has 1 aliphatic heterocycles. The molecule has 0 unspecified atom stereocenters. The summed E-state index contributed by atoms with van der Waals surface area (Å²) in [6.07, 6.45) is 1.43. The summed E-state index contributed by atoms with van der Waals surface area (Å²) in [7, 11) is 1.43. The molecule has 0 N–H and O–H groups in total. The lowest BCUT2D eigenvalue weighted by molar-refractivity contribution is -0.385. The second kappa shape index (κ2) is 13.6. The molecule has 4 aromatic rings. The molecule has 11 nitrogen and oxygen atoms in total. The van der Waals surface area contributed by atoms with E-state index >= 15 is 0 Å². The minimum atomic E-state index is -0.900. The third kappa shape index (κ3) is 6.36. The highest BCUT2D eigenvalue weighted by Crippen LogP contribution is 2.37. The van der Waals surface area contributed by atoms with Gasteiger partial charge in [-0.05, 0) is 44.5 Å². The van der Waals surface area contributed by atoms with Gasteiger partial charge in [-0.15, -0.1) is 0 Å². The average Bonchev–Trinajstić information content (AvgIpc) is 3.34. The van der Waals surface area contributed by atoms with Crippen LogP contribution in [-0.4, -0.2) is 35.8 Å². The normalized spacial score (nSPS) is 14.4. The lowest BCUT2D eigenvalue weighted by Gasteiger charge is -2.26. The number of allylic oxidation sites excluding steroid dienone is 1. The third-order valence-electron chi connectivity index (χ3n) is 7.06. The van der Waals surface area contributed by atoms with Gasteiger partial charge in [-0.25, -0.2) is 9.79 Å². The molecule has 5 rings (SSSR count). The van der Waals surface area contributed by atoms with Crippen LogP contribution in [0.1, 0.15) is 43.5 Å². The molecule has 45 heavy (non-hydrogen) atoms. The number of carbonyl (C=O) groups is 1. The zero-order valence-electron chi connectivity index (χ0n) is 25.1. The van der Waals surface area contributed by atoms with Crippen LogP contribution < -0.4 is 29.1 Å². The van der Waals surface area contributed by atoms with Crippen LogP contribution in [0.4, 0.5) is 5.69 Å². The highest BCUT2D eigenvalue weighted by Gasteiger charge is 2.35. The van der Waals surface area contributed by atoms with Crippen LogP contribution in [0.3, 0.4) is 0 Å². The maximum atomic E-state index is 14.1. The first-order valence-electron chi connectivity index (χ1n) is 14.2. The fourth-order valence-electron chi connectivity index (χ4n) is 5.07. The lowest BCUT2D eigenvalue weighted by Crippen LogP contribution is -2.40. The SMILES string of the molecule is CCOC(=O)C1=C(C)N=c2s/c(=C\c3cc(OC)c(OCc4ccccc4)cc3[N+](=O)[O-])c(=O)n2[C@H]1c1ccccc1OCC. The fraction of sp³-hybridized carbons (Fsp3) is 0.242. The molecule has 2 heterocycles. The van der Waals surface area contributed by atoms with E-state index in [0.29, 0.717) is 28.4 Å². The summed E-state index contributed by atoms with van der Waals surface area (Å²) >= 11 is 1.06. The second-order valence-electron chi connectivity index (χ2n) is 9.87. The molecule has 0 fully saturated rings. The van der Waals surface area contributed by atoms with Gasteiger partial charge < -0.3 is 18.9 Å². The van der Waals surface area contributed by atoms with Crippen molar-refractivity contribution in [1.29, 1.82) is 0 Å². The molecule has 1 aromatic heterocycles. The highest BCUT2D eigenvalue weighted by molar-refractivity contribution is 7.07. The molecule has 232 valence electrons. The zero-order valence-corrected chi connectivity index (χ0v) is 26.0. The number of nitro groups is 1. The van der Waals surface area contributed by atoms with Gasteiger partial charge in [-0.2, -0.15) is 0 Å². The lowest BCUT2D eigenvalue weighted by atomic mass is 9.95. The Kier molecular flexibility index (Phi) is 9.43. The van der Waals surface area contributed by atoms with Gasteiger partial charge in [-0.3, -0.25) is 19.5 Å². The van der Waals surface area contributed by atoms with Gasteiger partial charge in [0.2, 0.25) is 0 Å². The minimum Gasteiger partial charge on any atom is -0.494 e. The number of thiazole rings is 1. The molecule has 0 aliphatic carbocycles. The summed E-state index contributed by atoms with van der Waals surface area (Å²) < 4.78 is 24.2. The monoisotopic (exact) mass is 629 g/mol. The molecule has 1 aliphatic rings. The largest absolute Gasteiger partial charge is 0.494 e. The molecule has 0 spiro atoms. The van der Waals surface area contributed by atoms with E-state index in [1.807, 2.05) is 37.3 Å². The van der Waals surface area contributed by atoms with Crippen LogP contribution in [0, 0.1) is 10.1 Å². The highest BCUT2D eigenvalue weighted by atomic mass is 32.1. The van der Waals surface area contributed by atoms with E-state index < -0.39 is 22.5 Å². The third-order valence-corrected chi connectivity index (χ3v) is 8.05. The molecule has 1 atom stereocenters. The van der Waals surface area contributed by atoms with Crippen LogP contribution in [0.5, 0.6) is 17.2 Å². The standard InChI is InChI=1S/C33H31N3O8S/c1-5-42-25-15-11-10-14-23(25)30-29(32(38)43-6-2)20(3)34-33-35(30)31(37)28(45-33)17-22-16-26(41-4)27(18-24(22)36(39)40)44-19-21-12-8-7-9-13-21/h7-18,30H,5-6,19H2,1-4H3/b28-17-/t30-/m0/s1. The number of benzene rings is 3. The molecular formula is C33H31N3O8S. The quantitative estimate of drug-likeness (QED) is 0.133. The van der Waals surface area contributed by atoms with E-state index in [4.69, 9.17) is 18.9 Å². The summed E-state index contributed by atoms with van der Waals surface area (Å²) in [4.78, 5) is 43.9. The Labute approximate surface area is 262 Å². The van der Waals surface area contributed by atoms with E-state index in [-0.39, 0.29) is 46.1 Å². The van der Waals surface area contributed by atoms with Crippen molar-refractivity contribution in [2.45, 2.75) is 33.4 Å². The van der Waals surface area contributed by atoms with Crippen molar-refractivity contribution >= 4 is 29.1 Å². The number of para-hydroxylation sites is 1. The number of hydrogen-bond donors (Lipinski definition) is 0. The van der Waals surface area contributed by atoms with E-state index in [0.717, 1.165) is 16.9 Å². The molecule has 0 radical (unpaired) electrons. The fourth-order valence-corrected chi connectivity index (χ4v) is 6.10. The number of esters is 1. The van der Waals surface area contributed by atoms with Gasteiger partial charge in [-0.1, -0.05) is 59.9 Å². The molecule has 0 amide bonds. The van der Waals surface area contributed by atoms with Crippen molar-refractivity contribution in [3.05, 3.63) is 124 Å². The number of aromatic nitrogens is 1. The van der Waals surface area contributed by atoms with Crippen LogP contribution in [0.15, 0.2) is 87.8 Å². The van der Waals surface area contributed by atoms with Crippen molar-refractivity contribution in [2.24, 2.45) is 4.99 Å². The second-order valence-corrected chi connectivity index (χ2v) is 10.9. The first-order valence-corrected chi connectivity index (χ1v) is 15.0. The summed E-state index contributed by atoms with van der Waals surface area (Å²) in [5.74, 6) is 0.353. The van der Waals surface area contributed by atoms with Gasteiger partial charge in [0.25, 0.3) is 11.2 Å². The molecular weight excluding hydrogens is 598 g/mol. The van der Waals surface area contributed by atoms with Crippen molar-refractivity contribution in [3.63, 3.8) is 0 Å². The Morgan fingerprint density at radius 2 is 1.76 bits per heavy atom. The Bertz CT molecular complexity index is 1960. The van der Waals surface area contributed by atoms with Crippen LogP contribution in [0.2, 0.25) is 0 Å². The van der Waals surface area contributed by atoms with Gasteiger partial charge in [0, 0.05) is 5.56 Å². The zero-order chi connectivity index (χ0) is 32.1. The summed E-state index contributed by atoms with van der Waals surface area (Å²) in [5.41, 5.74) is 1.44. The molecule has 0 saturated carbocycles. The predicted molar refractivity (Wildman–Crippen MR) is 168 cm³/mol. The Balaban J connectivity index is 1.67. The molecule has 0 saturated heterocycles.